The highest BCUT2D eigenvalue weighted by Crippen LogP contribution is 2.30. The summed E-state index contributed by atoms with van der Waals surface area (Å²) in [4.78, 5) is 8.38. The summed E-state index contributed by atoms with van der Waals surface area (Å²) < 4.78 is 28.2. The molecule has 6 heteroatoms. The summed E-state index contributed by atoms with van der Waals surface area (Å²) in [5, 5.41) is 3.02. The minimum atomic E-state index is -0.662. The lowest BCUT2D eigenvalue weighted by molar-refractivity contribution is 0.584. The van der Waals surface area contributed by atoms with E-state index in [2.05, 4.69) is 31.2 Å². The van der Waals surface area contributed by atoms with Crippen molar-refractivity contribution >= 4 is 21.9 Å². The highest BCUT2D eigenvalue weighted by molar-refractivity contribution is 9.10. The molecular weight excluding hydrogens is 328 g/mol. The molecule has 0 radical (unpaired) electrons. The lowest BCUT2D eigenvalue weighted by atomic mass is 10.1. The lowest BCUT2D eigenvalue weighted by Crippen LogP contribution is -2.06. The average molecular weight is 342 g/mol. The van der Waals surface area contributed by atoms with Crippen molar-refractivity contribution in [2.75, 3.05) is 11.9 Å². The third-order valence-corrected chi connectivity index (χ3v) is 3.30. The van der Waals surface area contributed by atoms with Gasteiger partial charge in [0.2, 0.25) is 5.95 Å². The van der Waals surface area contributed by atoms with Gasteiger partial charge in [-0.05, 0) is 47.5 Å². The Morgan fingerprint density at radius 2 is 2.00 bits per heavy atom. The third-order valence-electron chi connectivity index (χ3n) is 2.69. The first-order chi connectivity index (χ1) is 9.52. The molecule has 0 saturated carbocycles. The van der Waals surface area contributed by atoms with E-state index >= 15 is 0 Å². The summed E-state index contributed by atoms with van der Waals surface area (Å²) in [5.41, 5.74) is 0.726. The number of aryl methyl sites for hydroxylation is 1. The Labute approximate surface area is 124 Å². The first-order valence-electron chi connectivity index (χ1n) is 6.26. The van der Waals surface area contributed by atoms with Crippen LogP contribution in [-0.2, 0) is 0 Å². The molecule has 1 heterocycles. The van der Waals surface area contributed by atoms with E-state index in [0.29, 0.717) is 18.2 Å². The predicted molar refractivity (Wildman–Crippen MR) is 78.6 cm³/mol. The molecule has 1 aromatic heterocycles. The van der Waals surface area contributed by atoms with E-state index in [1.54, 1.807) is 13.0 Å². The fourth-order valence-corrected chi connectivity index (χ4v) is 2.10. The summed E-state index contributed by atoms with van der Waals surface area (Å²) in [6.45, 7) is 4.47. The van der Waals surface area contributed by atoms with E-state index in [1.165, 1.54) is 12.1 Å². The van der Waals surface area contributed by atoms with Crippen LogP contribution in [0.15, 0.2) is 22.7 Å². The Balaban J connectivity index is 2.52. The average Bonchev–Trinajstić information content (AvgIpc) is 2.41. The van der Waals surface area contributed by atoms with Gasteiger partial charge in [0, 0.05) is 12.2 Å². The molecule has 1 N–H and O–H groups in total. The van der Waals surface area contributed by atoms with E-state index in [-0.39, 0.29) is 15.7 Å². The van der Waals surface area contributed by atoms with Crippen molar-refractivity contribution in [1.29, 1.82) is 0 Å². The lowest BCUT2D eigenvalue weighted by Gasteiger charge is -2.09. The summed E-state index contributed by atoms with van der Waals surface area (Å²) in [7, 11) is 0. The summed E-state index contributed by atoms with van der Waals surface area (Å²) in [6.07, 6.45) is 0.909. The topological polar surface area (TPSA) is 37.8 Å². The number of hydrogen-bond donors (Lipinski definition) is 1. The molecule has 0 spiro atoms. The van der Waals surface area contributed by atoms with Crippen molar-refractivity contribution in [2.45, 2.75) is 20.3 Å². The molecule has 0 aliphatic rings. The quantitative estimate of drug-likeness (QED) is 0.841. The van der Waals surface area contributed by atoms with Crippen LogP contribution in [0.1, 0.15) is 19.0 Å². The van der Waals surface area contributed by atoms with Crippen LogP contribution in [0, 0.1) is 18.6 Å². The van der Waals surface area contributed by atoms with Gasteiger partial charge in [-0.25, -0.2) is 18.7 Å². The van der Waals surface area contributed by atoms with Gasteiger partial charge in [-0.1, -0.05) is 6.92 Å². The van der Waals surface area contributed by atoms with Crippen molar-refractivity contribution in [3.63, 3.8) is 0 Å². The van der Waals surface area contributed by atoms with Gasteiger partial charge in [0.1, 0.15) is 11.6 Å². The van der Waals surface area contributed by atoms with E-state index in [4.69, 9.17) is 0 Å². The van der Waals surface area contributed by atoms with Gasteiger partial charge in [0.05, 0.1) is 15.7 Å². The number of hydrogen-bond acceptors (Lipinski definition) is 3. The van der Waals surface area contributed by atoms with Gasteiger partial charge in [-0.2, -0.15) is 0 Å². The van der Waals surface area contributed by atoms with Crippen LogP contribution < -0.4 is 5.32 Å². The highest BCUT2D eigenvalue weighted by atomic mass is 79.9. The smallest absolute Gasteiger partial charge is 0.223 e. The molecular formula is C14H14BrF2N3. The number of rotatable bonds is 4. The maximum Gasteiger partial charge on any atom is 0.223 e. The van der Waals surface area contributed by atoms with Gasteiger partial charge >= 0.3 is 0 Å². The van der Waals surface area contributed by atoms with Gasteiger partial charge in [0.15, 0.2) is 0 Å². The first kappa shape index (κ1) is 14.8. The second-order valence-electron chi connectivity index (χ2n) is 4.36. The number of benzene rings is 1. The van der Waals surface area contributed by atoms with Crippen molar-refractivity contribution in [3.05, 3.63) is 40.0 Å². The van der Waals surface area contributed by atoms with E-state index < -0.39 is 11.6 Å². The minimum absolute atomic E-state index is 0.149. The molecule has 2 aromatic rings. The molecule has 0 amide bonds. The number of nitrogens with one attached hydrogen (secondary N) is 1. The maximum atomic E-state index is 14.1. The fourth-order valence-electron chi connectivity index (χ4n) is 1.77. The Morgan fingerprint density at radius 3 is 2.70 bits per heavy atom. The van der Waals surface area contributed by atoms with Crippen LogP contribution in [0.4, 0.5) is 14.7 Å². The monoisotopic (exact) mass is 341 g/mol. The molecule has 106 valence electrons. The van der Waals surface area contributed by atoms with Crippen molar-refractivity contribution in [2.24, 2.45) is 0 Å². The molecule has 0 saturated heterocycles. The number of nitrogens with zero attached hydrogens (tertiary/aromatic N) is 2. The summed E-state index contributed by atoms with van der Waals surface area (Å²) in [6, 6.07) is 4.10. The van der Waals surface area contributed by atoms with Crippen LogP contribution >= 0.6 is 15.9 Å². The largest absolute Gasteiger partial charge is 0.354 e. The predicted octanol–water partition coefficient (Wildman–Crippen LogP) is 4.31. The van der Waals surface area contributed by atoms with Crippen LogP contribution in [-0.4, -0.2) is 16.5 Å². The van der Waals surface area contributed by atoms with Crippen LogP contribution in [0.25, 0.3) is 11.3 Å². The number of halogens is 3. The molecule has 3 nitrogen and oxygen atoms in total. The van der Waals surface area contributed by atoms with Crippen LogP contribution in [0.5, 0.6) is 0 Å². The molecule has 2 rings (SSSR count). The maximum absolute atomic E-state index is 14.1. The zero-order valence-corrected chi connectivity index (χ0v) is 12.8. The highest BCUT2D eigenvalue weighted by Gasteiger charge is 2.17. The van der Waals surface area contributed by atoms with E-state index in [0.717, 1.165) is 6.42 Å². The van der Waals surface area contributed by atoms with Gasteiger partial charge in [-0.3, -0.25) is 0 Å². The molecule has 0 aliphatic heterocycles. The second kappa shape index (κ2) is 6.26. The normalized spacial score (nSPS) is 10.7. The number of aromatic nitrogens is 2. The van der Waals surface area contributed by atoms with Crippen molar-refractivity contribution < 1.29 is 8.78 Å². The zero-order valence-electron chi connectivity index (χ0n) is 11.2. The van der Waals surface area contributed by atoms with Crippen LogP contribution in [0.3, 0.4) is 0 Å². The standard InChI is InChI=1S/C14H14BrF2N3/c1-3-6-18-14-19-8(2)7-11(20-14)12-10(16)5-4-9(15)13(12)17/h4-5,7H,3,6H2,1-2H3,(H,18,19,20). The second-order valence-corrected chi connectivity index (χ2v) is 5.22. The van der Waals surface area contributed by atoms with Crippen molar-refractivity contribution in [3.8, 4) is 11.3 Å². The van der Waals surface area contributed by atoms with Crippen LogP contribution in [0.2, 0.25) is 0 Å². The van der Waals surface area contributed by atoms with Gasteiger partial charge in [-0.15, -0.1) is 0 Å². The van der Waals surface area contributed by atoms with E-state index in [9.17, 15) is 8.78 Å². The fraction of sp³-hybridized carbons (Fsp3) is 0.286. The van der Waals surface area contributed by atoms with Gasteiger partial charge < -0.3 is 5.32 Å². The van der Waals surface area contributed by atoms with Crippen molar-refractivity contribution in [1.82, 2.24) is 9.97 Å². The Kier molecular flexibility index (Phi) is 4.65. The Hall–Kier alpha value is -1.56. The molecule has 1 aromatic carbocycles. The number of anilines is 1. The zero-order chi connectivity index (χ0) is 14.7. The minimum Gasteiger partial charge on any atom is -0.354 e. The molecule has 20 heavy (non-hydrogen) atoms. The Bertz CT molecular complexity index is 632. The van der Waals surface area contributed by atoms with Gasteiger partial charge in [0.25, 0.3) is 0 Å². The molecule has 0 aliphatic carbocycles. The molecule has 0 atom stereocenters. The molecule has 0 unspecified atom stereocenters. The third kappa shape index (κ3) is 3.12. The summed E-state index contributed by atoms with van der Waals surface area (Å²) in [5.74, 6) is -0.935. The molecule has 0 fully saturated rings. The Morgan fingerprint density at radius 1 is 1.25 bits per heavy atom. The molecule has 0 bridgehead atoms. The summed E-state index contributed by atoms with van der Waals surface area (Å²) >= 11 is 3.06. The van der Waals surface area contributed by atoms with E-state index in [1.807, 2.05) is 6.92 Å². The SMILES string of the molecule is CCCNc1nc(C)cc(-c2c(F)ccc(Br)c2F)n1. The first-order valence-corrected chi connectivity index (χ1v) is 7.05.